The van der Waals surface area contributed by atoms with Gasteiger partial charge in [0.15, 0.2) is 11.2 Å². The number of nitrogens with zero attached hydrogens (tertiary/aromatic N) is 5. The molecule has 0 atom stereocenters. The number of rotatable bonds is 6. The van der Waals surface area contributed by atoms with Crippen molar-refractivity contribution in [1.82, 2.24) is 35.0 Å². The Bertz CT molecular complexity index is 956. The Morgan fingerprint density at radius 2 is 2.31 bits per heavy atom. The summed E-state index contributed by atoms with van der Waals surface area (Å²) in [7, 11) is 1.83. The van der Waals surface area contributed by atoms with E-state index in [4.69, 9.17) is 4.74 Å². The maximum absolute atomic E-state index is 11.3. The molecule has 26 heavy (non-hydrogen) atoms. The van der Waals surface area contributed by atoms with Crippen LogP contribution in [0.15, 0.2) is 31.4 Å². The van der Waals surface area contributed by atoms with Gasteiger partial charge in [-0.2, -0.15) is 15.1 Å². The number of aromatic amines is 1. The molecule has 0 aliphatic heterocycles. The van der Waals surface area contributed by atoms with Crippen LogP contribution in [-0.2, 0) is 11.8 Å². The molecular weight excluding hydrogens is 336 g/mol. The summed E-state index contributed by atoms with van der Waals surface area (Å²) in [6.07, 6.45) is 7.70. The van der Waals surface area contributed by atoms with Crippen molar-refractivity contribution in [3.63, 3.8) is 0 Å². The summed E-state index contributed by atoms with van der Waals surface area (Å²) in [5, 5.41) is 10.0. The number of ether oxygens (including phenoxy) is 1. The Hall–Kier alpha value is -3.43. The van der Waals surface area contributed by atoms with Gasteiger partial charge in [-0.05, 0) is 6.08 Å². The van der Waals surface area contributed by atoms with Crippen molar-refractivity contribution in [2.45, 2.75) is 25.0 Å². The molecule has 1 amide bonds. The van der Waals surface area contributed by atoms with Crippen molar-refractivity contribution in [3.8, 4) is 5.88 Å². The van der Waals surface area contributed by atoms with Gasteiger partial charge < -0.3 is 20.4 Å². The predicted molar refractivity (Wildman–Crippen MR) is 94.0 cm³/mol. The molecule has 0 radical (unpaired) electrons. The van der Waals surface area contributed by atoms with E-state index in [0.717, 1.165) is 5.69 Å². The monoisotopic (exact) mass is 354 g/mol. The van der Waals surface area contributed by atoms with Gasteiger partial charge in [-0.3, -0.25) is 9.48 Å². The van der Waals surface area contributed by atoms with E-state index < -0.39 is 0 Å². The smallest absolute Gasteiger partial charge is 0.247 e. The van der Waals surface area contributed by atoms with E-state index in [-0.39, 0.29) is 18.1 Å². The van der Waals surface area contributed by atoms with Gasteiger partial charge in [-0.25, -0.2) is 4.98 Å². The summed E-state index contributed by atoms with van der Waals surface area (Å²) in [6.45, 7) is 3.45. The van der Waals surface area contributed by atoms with E-state index in [1.807, 2.05) is 13.2 Å². The third kappa shape index (κ3) is 3.21. The maximum atomic E-state index is 11.3. The second-order valence-corrected chi connectivity index (χ2v) is 6.10. The van der Waals surface area contributed by atoms with Crippen molar-refractivity contribution >= 4 is 28.7 Å². The fraction of sp³-hybridized carbons (Fsp3) is 0.312. The third-order valence-electron chi connectivity index (χ3n) is 4.11. The topological polar surface area (TPSA) is 123 Å². The summed E-state index contributed by atoms with van der Waals surface area (Å²) in [4.78, 5) is 27.3. The highest BCUT2D eigenvalue weighted by atomic mass is 16.5. The zero-order valence-corrected chi connectivity index (χ0v) is 14.1. The number of nitrogens with one attached hydrogen (secondary N) is 3. The first kappa shape index (κ1) is 16.1. The minimum Gasteiger partial charge on any atom is -0.472 e. The molecule has 1 aliphatic carbocycles. The molecule has 1 fully saturated rings. The number of anilines is 2. The highest BCUT2D eigenvalue weighted by Crippen LogP contribution is 2.29. The molecule has 0 bridgehead atoms. The number of fused-ring (bicyclic) bond motifs is 1. The van der Waals surface area contributed by atoms with Crippen molar-refractivity contribution in [2.24, 2.45) is 7.05 Å². The average molecular weight is 354 g/mol. The van der Waals surface area contributed by atoms with E-state index >= 15 is 0 Å². The van der Waals surface area contributed by atoms with Gasteiger partial charge in [0.1, 0.15) is 6.10 Å². The van der Waals surface area contributed by atoms with E-state index in [0.29, 0.717) is 35.8 Å². The molecule has 3 aromatic heterocycles. The lowest BCUT2D eigenvalue weighted by molar-refractivity contribution is -0.118. The molecule has 0 aromatic carbocycles. The predicted octanol–water partition coefficient (Wildman–Crippen LogP) is 1.04. The molecule has 3 heterocycles. The largest absolute Gasteiger partial charge is 0.472 e. The van der Waals surface area contributed by atoms with Gasteiger partial charge in [0.2, 0.25) is 17.7 Å². The first-order chi connectivity index (χ1) is 12.6. The molecule has 3 aromatic rings. The van der Waals surface area contributed by atoms with Crippen molar-refractivity contribution in [2.75, 3.05) is 5.32 Å². The fourth-order valence-corrected chi connectivity index (χ4v) is 2.76. The third-order valence-corrected chi connectivity index (χ3v) is 4.11. The number of carbonyl (C=O) groups is 1. The van der Waals surface area contributed by atoms with Crippen LogP contribution in [0, 0.1) is 0 Å². The molecule has 0 unspecified atom stereocenters. The quantitative estimate of drug-likeness (QED) is 0.565. The molecular formula is C16H18N8O2. The number of imidazole rings is 1. The summed E-state index contributed by atoms with van der Waals surface area (Å²) in [5.41, 5.74) is 1.92. The Morgan fingerprint density at radius 3 is 3.04 bits per heavy atom. The van der Waals surface area contributed by atoms with E-state index in [9.17, 15) is 4.79 Å². The van der Waals surface area contributed by atoms with Crippen LogP contribution in [0.1, 0.15) is 12.8 Å². The number of H-pyrrole nitrogens is 1. The summed E-state index contributed by atoms with van der Waals surface area (Å²) in [5.74, 6) is 0.620. The van der Waals surface area contributed by atoms with Crippen LogP contribution in [0.3, 0.4) is 0 Å². The Kier molecular flexibility index (Phi) is 3.99. The van der Waals surface area contributed by atoms with Crippen LogP contribution in [0.25, 0.3) is 11.2 Å². The summed E-state index contributed by atoms with van der Waals surface area (Å²) >= 11 is 0. The second-order valence-electron chi connectivity index (χ2n) is 6.10. The second kappa shape index (κ2) is 6.47. The van der Waals surface area contributed by atoms with E-state index in [1.54, 1.807) is 17.2 Å². The Labute approximate surface area is 148 Å². The molecule has 0 saturated heterocycles. The van der Waals surface area contributed by atoms with E-state index in [2.05, 4.69) is 42.2 Å². The highest BCUT2D eigenvalue weighted by molar-refractivity contribution is 5.87. The summed E-state index contributed by atoms with van der Waals surface area (Å²) < 4.78 is 7.66. The first-order valence-corrected chi connectivity index (χ1v) is 8.17. The number of aromatic nitrogens is 6. The number of hydrogen-bond donors (Lipinski definition) is 3. The van der Waals surface area contributed by atoms with Gasteiger partial charge in [0, 0.05) is 32.1 Å². The zero-order chi connectivity index (χ0) is 18.1. The lowest BCUT2D eigenvalue weighted by Gasteiger charge is -2.35. The van der Waals surface area contributed by atoms with Crippen LogP contribution in [0.5, 0.6) is 5.88 Å². The Balaban J connectivity index is 1.49. The van der Waals surface area contributed by atoms with Crippen LogP contribution in [-0.4, -0.2) is 47.8 Å². The minimum atomic E-state index is -0.173. The number of aryl methyl sites for hydroxylation is 1. The van der Waals surface area contributed by atoms with E-state index in [1.165, 1.54) is 6.08 Å². The van der Waals surface area contributed by atoms with Crippen molar-refractivity contribution in [1.29, 1.82) is 0 Å². The molecule has 134 valence electrons. The SMILES string of the molecule is C=CC(=O)N[C@H]1C[C@H](Oc2nc(Nc3cnn(C)c3)nc3[nH]cnc23)C1. The van der Waals surface area contributed by atoms with Crippen LogP contribution in [0.2, 0.25) is 0 Å². The molecule has 3 N–H and O–H groups in total. The van der Waals surface area contributed by atoms with Gasteiger partial charge in [-0.15, -0.1) is 0 Å². The number of carbonyl (C=O) groups excluding carboxylic acids is 1. The maximum Gasteiger partial charge on any atom is 0.247 e. The van der Waals surface area contributed by atoms with Gasteiger partial charge in [-0.1, -0.05) is 6.58 Å². The number of hydrogen-bond acceptors (Lipinski definition) is 7. The lowest BCUT2D eigenvalue weighted by atomic mass is 9.89. The van der Waals surface area contributed by atoms with Crippen LogP contribution >= 0.6 is 0 Å². The molecule has 10 heteroatoms. The van der Waals surface area contributed by atoms with Crippen molar-refractivity contribution < 1.29 is 9.53 Å². The van der Waals surface area contributed by atoms with Crippen LogP contribution in [0.4, 0.5) is 11.6 Å². The molecule has 0 spiro atoms. The van der Waals surface area contributed by atoms with Crippen LogP contribution < -0.4 is 15.4 Å². The van der Waals surface area contributed by atoms with Gasteiger partial charge in [0.25, 0.3) is 0 Å². The standard InChI is InChI=1S/C16H18N8O2/c1-3-12(25)20-9-4-11(5-9)26-15-13-14(18-8-17-13)22-16(23-15)21-10-6-19-24(2)7-10/h3,6-9,11H,1,4-5H2,2H3,(H,20,25)(H2,17,18,21,22,23)/t9-,11-. The Morgan fingerprint density at radius 1 is 1.46 bits per heavy atom. The highest BCUT2D eigenvalue weighted by Gasteiger charge is 2.32. The first-order valence-electron chi connectivity index (χ1n) is 8.17. The van der Waals surface area contributed by atoms with Gasteiger partial charge in [0.05, 0.1) is 18.2 Å². The molecule has 1 aliphatic rings. The average Bonchev–Trinajstić information content (AvgIpc) is 3.21. The number of amides is 1. The van der Waals surface area contributed by atoms with Gasteiger partial charge >= 0.3 is 0 Å². The molecule has 4 rings (SSSR count). The molecule has 10 nitrogen and oxygen atoms in total. The van der Waals surface area contributed by atoms with Crippen molar-refractivity contribution in [3.05, 3.63) is 31.4 Å². The fourth-order valence-electron chi connectivity index (χ4n) is 2.76. The zero-order valence-electron chi connectivity index (χ0n) is 14.1. The summed E-state index contributed by atoms with van der Waals surface area (Å²) in [6, 6.07) is 0.0926. The normalized spacial score (nSPS) is 19.0. The minimum absolute atomic E-state index is 0.0360. The lowest BCUT2D eigenvalue weighted by Crippen LogP contribution is -2.48. The molecule has 1 saturated carbocycles.